The van der Waals surface area contributed by atoms with Crippen LogP contribution in [-0.2, 0) is 42.8 Å². The Hall–Kier alpha value is -2.21. The standard InChI is InChI=1S/C46H72O15/c1-22-32(51)33(52)34(53)39(57-22)61-40(55)42(6)16-15-41(5)17-18-44(8)26(27(41)20-42)11-12-29-45(44,9)14-13-28-43(7,30(49)19-31(50)46(28,29)10)21-56-38-35(54)37(60-25(4)48)36(23(2)58-38)59-24(3)47/h11,22-23,27-39,49-54H,12-21H2,1-10H3/t22-,23-,27-,28-,29-,30-,31-,32-,33+,34+,35+,36-,37-,38+,39-,41+,42+,43-,44+,45+,46-/m0/s1. The maximum atomic E-state index is 14.1. The Labute approximate surface area is 359 Å². The summed E-state index contributed by atoms with van der Waals surface area (Å²) in [5, 5.41) is 66.7. The lowest BCUT2D eigenvalue weighted by molar-refractivity contribution is -0.316. The maximum Gasteiger partial charge on any atom is 0.314 e. The van der Waals surface area contributed by atoms with Gasteiger partial charge in [-0.25, -0.2) is 0 Å². The van der Waals surface area contributed by atoms with Gasteiger partial charge in [0.1, 0.15) is 24.4 Å². The summed E-state index contributed by atoms with van der Waals surface area (Å²) in [6, 6.07) is 0. The van der Waals surface area contributed by atoms with Crippen LogP contribution in [0.1, 0.15) is 127 Å². The highest BCUT2D eigenvalue weighted by molar-refractivity contribution is 5.77. The third kappa shape index (κ3) is 7.32. The number of aliphatic hydroxyl groups excluding tert-OH is 6. The molecule has 21 atom stereocenters. The van der Waals surface area contributed by atoms with Crippen LogP contribution < -0.4 is 0 Å². The highest BCUT2D eigenvalue weighted by atomic mass is 16.7. The molecular weight excluding hydrogens is 792 g/mol. The fraction of sp³-hybridized carbons (Fsp3) is 0.891. The lowest BCUT2D eigenvalue weighted by Crippen LogP contribution is -2.69. The Kier molecular flexibility index (Phi) is 12.3. The van der Waals surface area contributed by atoms with Gasteiger partial charge >= 0.3 is 17.9 Å². The summed E-state index contributed by atoms with van der Waals surface area (Å²) >= 11 is 0. The normalized spacial score (nSPS) is 53.2. The summed E-state index contributed by atoms with van der Waals surface area (Å²) in [4.78, 5) is 38.0. The molecule has 0 radical (unpaired) electrons. The summed E-state index contributed by atoms with van der Waals surface area (Å²) in [6.07, 6.45) is -5.55. The molecule has 0 spiro atoms. The maximum absolute atomic E-state index is 14.1. The fourth-order valence-electron chi connectivity index (χ4n) is 13.9. The van der Waals surface area contributed by atoms with Crippen molar-refractivity contribution in [3.63, 3.8) is 0 Å². The molecule has 2 aliphatic heterocycles. The molecule has 6 fully saturated rings. The molecule has 346 valence electrons. The van der Waals surface area contributed by atoms with Gasteiger partial charge in [-0.1, -0.05) is 46.3 Å². The fourth-order valence-corrected chi connectivity index (χ4v) is 13.9. The average molecular weight is 865 g/mol. The number of aliphatic hydroxyl groups is 6. The Balaban J connectivity index is 1.13. The van der Waals surface area contributed by atoms with E-state index in [0.717, 1.165) is 25.7 Å². The number of ether oxygens (including phenoxy) is 6. The molecular formula is C46H72O15. The quantitative estimate of drug-likeness (QED) is 0.122. The first-order valence-corrected chi connectivity index (χ1v) is 22.5. The first-order valence-electron chi connectivity index (χ1n) is 22.5. The van der Waals surface area contributed by atoms with Crippen molar-refractivity contribution in [1.82, 2.24) is 0 Å². The molecule has 0 amide bonds. The summed E-state index contributed by atoms with van der Waals surface area (Å²) in [5.74, 6) is -1.86. The van der Waals surface area contributed by atoms with Gasteiger partial charge in [-0.2, -0.15) is 0 Å². The van der Waals surface area contributed by atoms with Gasteiger partial charge in [0.15, 0.2) is 18.5 Å². The zero-order valence-corrected chi connectivity index (χ0v) is 37.7. The monoisotopic (exact) mass is 864 g/mol. The predicted molar refractivity (Wildman–Crippen MR) is 217 cm³/mol. The van der Waals surface area contributed by atoms with Gasteiger partial charge in [0.2, 0.25) is 6.29 Å². The molecule has 2 saturated heterocycles. The molecule has 0 aromatic rings. The highest BCUT2D eigenvalue weighted by Gasteiger charge is 2.71. The van der Waals surface area contributed by atoms with Crippen molar-refractivity contribution >= 4 is 17.9 Å². The number of carbonyl (C=O) groups excluding carboxylic acids is 3. The van der Waals surface area contributed by atoms with Crippen LogP contribution in [0.4, 0.5) is 0 Å². The number of fused-ring (bicyclic) bond motifs is 7. The predicted octanol–water partition coefficient (Wildman–Crippen LogP) is 3.46. The molecule has 7 rings (SSSR count). The molecule has 15 nitrogen and oxygen atoms in total. The first-order chi connectivity index (χ1) is 28.3. The average Bonchev–Trinajstić information content (AvgIpc) is 3.18. The number of allylic oxidation sites excluding steroid dienone is 2. The van der Waals surface area contributed by atoms with Gasteiger partial charge in [-0.15, -0.1) is 0 Å². The van der Waals surface area contributed by atoms with Crippen LogP contribution >= 0.6 is 0 Å². The summed E-state index contributed by atoms with van der Waals surface area (Å²) in [7, 11) is 0. The minimum absolute atomic E-state index is 0.0150. The van der Waals surface area contributed by atoms with Crippen LogP contribution in [0.15, 0.2) is 11.6 Å². The van der Waals surface area contributed by atoms with Crippen molar-refractivity contribution in [1.29, 1.82) is 0 Å². The van der Waals surface area contributed by atoms with Crippen molar-refractivity contribution in [3.8, 4) is 0 Å². The molecule has 0 aromatic carbocycles. The largest absolute Gasteiger partial charge is 0.456 e. The second kappa shape index (κ2) is 16.0. The number of carbonyl (C=O) groups is 3. The molecule has 5 aliphatic carbocycles. The van der Waals surface area contributed by atoms with E-state index in [1.807, 2.05) is 13.8 Å². The summed E-state index contributed by atoms with van der Waals surface area (Å²) in [6.45, 7) is 18.8. The molecule has 15 heteroatoms. The number of hydrogen-bond donors (Lipinski definition) is 6. The van der Waals surface area contributed by atoms with Crippen molar-refractivity contribution in [2.75, 3.05) is 6.61 Å². The van der Waals surface area contributed by atoms with Gasteiger partial charge in [0, 0.05) is 31.1 Å². The van der Waals surface area contributed by atoms with Gasteiger partial charge in [0.25, 0.3) is 0 Å². The third-order valence-electron chi connectivity index (χ3n) is 18.2. The van der Waals surface area contributed by atoms with E-state index >= 15 is 0 Å². The van der Waals surface area contributed by atoms with Crippen LogP contribution in [0, 0.1) is 50.2 Å². The van der Waals surface area contributed by atoms with E-state index in [2.05, 4.69) is 33.8 Å². The van der Waals surface area contributed by atoms with Crippen LogP contribution in [0.5, 0.6) is 0 Å². The van der Waals surface area contributed by atoms with Crippen LogP contribution in [0.25, 0.3) is 0 Å². The van der Waals surface area contributed by atoms with E-state index in [9.17, 15) is 45.0 Å². The Morgan fingerprint density at radius 1 is 0.705 bits per heavy atom. The van der Waals surface area contributed by atoms with E-state index in [0.29, 0.717) is 25.7 Å². The Bertz CT molecular complexity index is 1740. The minimum Gasteiger partial charge on any atom is -0.456 e. The van der Waals surface area contributed by atoms with E-state index < -0.39 is 108 Å². The van der Waals surface area contributed by atoms with Crippen LogP contribution in [0.2, 0.25) is 0 Å². The van der Waals surface area contributed by atoms with Crippen LogP contribution in [-0.4, -0.2) is 129 Å². The lowest BCUT2D eigenvalue weighted by atomic mass is 9.33. The van der Waals surface area contributed by atoms with Crippen LogP contribution in [0.3, 0.4) is 0 Å². The van der Waals surface area contributed by atoms with Gasteiger partial charge < -0.3 is 59.1 Å². The third-order valence-corrected chi connectivity index (χ3v) is 18.2. The Morgan fingerprint density at radius 3 is 1.98 bits per heavy atom. The van der Waals surface area contributed by atoms with E-state index in [1.54, 1.807) is 13.8 Å². The molecule has 61 heavy (non-hydrogen) atoms. The van der Waals surface area contributed by atoms with Gasteiger partial charge in [-0.3, -0.25) is 14.4 Å². The number of esters is 3. The number of hydrogen-bond acceptors (Lipinski definition) is 15. The van der Waals surface area contributed by atoms with E-state index in [1.165, 1.54) is 19.4 Å². The smallest absolute Gasteiger partial charge is 0.314 e. The molecule has 7 aliphatic rings. The second-order valence-corrected chi connectivity index (χ2v) is 21.6. The summed E-state index contributed by atoms with van der Waals surface area (Å²) < 4.78 is 34.7. The second-order valence-electron chi connectivity index (χ2n) is 21.6. The minimum atomic E-state index is -1.58. The highest BCUT2D eigenvalue weighted by Crippen LogP contribution is 2.76. The van der Waals surface area contributed by atoms with Crippen molar-refractivity contribution in [2.24, 2.45) is 50.2 Å². The molecule has 6 N–H and O–H groups in total. The van der Waals surface area contributed by atoms with Crippen molar-refractivity contribution in [2.45, 2.75) is 201 Å². The van der Waals surface area contributed by atoms with E-state index in [-0.39, 0.29) is 47.0 Å². The van der Waals surface area contributed by atoms with Crippen molar-refractivity contribution in [3.05, 3.63) is 11.6 Å². The molecule has 0 aromatic heterocycles. The van der Waals surface area contributed by atoms with Gasteiger partial charge in [-0.05, 0) is 106 Å². The molecule has 0 unspecified atom stereocenters. The zero-order chi connectivity index (χ0) is 45.0. The van der Waals surface area contributed by atoms with E-state index in [4.69, 9.17) is 28.4 Å². The SMILES string of the molecule is CC(=O)O[C@@H]1[C@@H](OC(C)=O)[C@@H](O)[C@H](OC[C@]2(C)[C@@H](O)C[C@H](O)[C@]3(C)[C@H]4CC=C5[C@@H]6C[C@](C)(C(=O)O[C@@H]7O[C@@H](C)[C@H](O)[C@@H](O)[C@H]7O)CC[C@]6(C)CC[C@@]5(C)[C@]4(C)CC[C@@H]23)O[C@H]1C. The topological polar surface area (TPSA) is 228 Å². The summed E-state index contributed by atoms with van der Waals surface area (Å²) in [5.41, 5.74) is -1.61. The molecule has 0 bridgehead atoms. The first kappa shape index (κ1) is 46.8. The lowest BCUT2D eigenvalue weighted by Gasteiger charge is -2.72. The van der Waals surface area contributed by atoms with Crippen molar-refractivity contribution < 1.29 is 73.4 Å². The molecule has 2 heterocycles. The zero-order valence-electron chi connectivity index (χ0n) is 37.7. The molecule has 4 saturated carbocycles. The van der Waals surface area contributed by atoms with Gasteiger partial charge in [0.05, 0.1) is 36.4 Å². The Morgan fingerprint density at radius 2 is 1.33 bits per heavy atom. The number of rotatable bonds is 7.